The van der Waals surface area contributed by atoms with Gasteiger partial charge in [0.15, 0.2) is 11.3 Å². The lowest BCUT2D eigenvalue weighted by atomic mass is 10.0. The number of aryl methyl sites for hydroxylation is 2. The Morgan fingerprint density at radius 3 is 2.18 bits per heavy atom. The largest absolute Gasteiger partial charge is 0.449 e. The Kier molecular flexibility index (Phi) is 6.40. The van der Waals surface area contributed by atoms with Crippen LogP contribution >= 0.6 is 0 Å². The van der Waals surface area contributed by atoms with E-state index in [1.807, 2.05) is 13.0 Å². The second kappa shape index (κ2) is 9.13. The van der Waals surface area contributed by atoms with Crippen molar-refractivity contribution in [3.8, 4) is 0 Å². The molecule has 180 valence electrons. The fraction of sp³-hybridized carbons (Fsp3) is 0.360. The van der Waals surface area contributed by atoms with E-state index < -0.39 is 10.0 Å². The fourth-order valence-corrected chi connectivity index (χ4v) is 5.85. The lowest BCUT2D eigenvalue weighted by molar-refractivity contribution is -0.114. The number of anilines is 2. The summed E-state index contributed by atoms with van der Waals surface area (Å²) in [5.41, 5.74) is 3.08. The first-order chi connectivity index (χ1) is 16.1. The monoisotopic (exact) mass is 483 g/mol. The summed E-state index contributed by atoms with van der Waals surface area (Å²) in [5, 5.41) is 3.26. The first-order valence-electron chi connectivity index (χ1n) is 11.3. The molecule has 2 amide bonds. The van der Waals surface area contributed by atoms with Crippen molar-refractivity contribution in [3.63, 3.8) is 0 Å². The number of amides is 2. The van der Waals surface area contributed by atoms with E-state index in [4.69, 9.17) is 4.42 Å². The minimum atomic E-state index is -4.04. The van der Waals surface area contributed by atoms with E-state index in [1.165, 1.54) is 6.92 Å². The number of hydrogen-bond donors (Lipinski definition) is 2. The van der Waals surface area contributed by atoms with Gasteiger partial charge in [0.1, 0.15) is 4.90 Å². The number of carbonyl (C=O) groups excluding carboxylic acids is 2. The van der Waals surface area contributed by atoms with Crippen LogP contribution in [0.15, 0.2) is 39.6 Å². The van der Waals surface area contributed by atoms with Crippen molar-refractivity contribution >= 4 is 44.2 Å². The molecule has 1 fully saturated rings. The van der Waals surface area contributed by atoms with E-state index in [0.717, 1.165) is 24.8 Å². The fourth-order valence-electron chi connectivity index (χ4n) is 4.34. The molecule has 9 heteroatoms. The minimum Gasteiger partial charge on any atom is -0.449 e. The molecule has 2 N–H and O–H groups in total. The molecule has 0 aliphatic carbocycles. The molecule has 3 aromatic rings. The molecule has 34 heavy (non-hydrogen) atoms. The maximum absolute atomic E-state index is 13.5. The van der Waals surface area contributed by atoms with Crippen LogP contribution in [0.2, 0.25) is 0 Å². The quantitative estimate of drug-likeness (QED) is 0.545. The van der Waals surface area contributed by atoms with Crippen molar-refractivity contribution in [2.24, 2.45) is 0 Å². The summed E-state index contributed by atoms with van der Waals surface area (Å²) >= 11 is 0. The van der Waals surface area contributed by atoms with Gasteiger partial charge in [0.05, 0.1) is 0 Å². The van der Waals surface area contributed by atoms with E-state index >= 15 is 0 Å². The molecular formula is C25H29N3O5S. The van der Waals surface area contributed by atoms with Gasteiger partial charge in [0.2, 0.25) is 5.91 Å². The Morgan fingerprint density at radius 1 is 0.941 bits per heavy atom. The van der Waals surface area contributed by atoms with Gasteiger partial charge in [-0.25, -0.2) is 8.42 Å². The summed E-state index contributed by atoms with van der Waals surface area (Å²) in [5.74, 6) is -0.221. The number of nitrogens with zero attached hydrogens (tertiary/aromatic N) is 1. The van der Waals surface area contributed by atoms with E-state index in [-0.39, 0.29) is 28.1 Å². The van der Waals surface area contributed by atoms with Gasteiger partial charge in [-0.1, -0.05) is 0 Å². The smallest absolute Gasteiger partial charge is 0.289 e. The van der Waals surface area contributed by atoms with Gasteiger partial charge in [-0.05, 0) is 81.5 Å². The van der Waals surface area contributed by atoms with Crippen LogP contribution in [0.25, 0.3) is 11.0 Å². The number of furan rings is 1. The average molecular weight is 484 g/mol. The summed E-state index contributed by atoms with van der Waals surface area (Å²) < 4.78 is 35.6. The number of nitrogens with one attached hydrogen (secondary N) is 2. The summed E-state index contributed by atoms with van der Waals surface area (Å²) in [7, 11) is -4.04. The molecule has 2 heterocycles. The van der Waals surface area contributed by atoms with Gasteiger partial charge in [-0.2, -0.15) is 0 Å². The van der Waals surface area contributed by atoms with Crippen molar-refractivity contribution in [2.45, 2.75) is 51.9 Å². The number of rotatable bonds is 5. The molecule has 2 aromatic carbocycles. The van der Waals surface area contributed by atoms with Crippen molar-refractivity contribution < 1.29 is 22.4 Å². The third kappa shape index (κ3) is 4.52. The molecule has 1 saturated heterocycles. The average Bonchev–Trinajstić information content (AvgIpc) is 3.10. The third-order valence-electron chi connectivity index (χ3n) is 6.26. The number of carbonyl (C=O) groups is 2. The second-order valence-corrected chi connectivity index (χ2v) is 10.4. The van der Waals surface area contributed by atoms with Gasteiger partial charge in [0.25, 0.3) is 15.9 Å². The summed E-state index contributed by atoms with van der Waals surface area (Å²) in [6.45, 7) is 8.12. The number of likely N-dealkylation sites (tertiary alicyclic amines) is 1. The van der Waals surface area contributed by atoms with Crippen molar-refractivity contribution in [1.82, 2.24) is 4.90 Å². The zero-order valence-electron chi connectivity index (χ0n) is 19.8. The number of sulfonamides is 1. The molecule has 0 bridgehead atoms. The van der Waals surface area contributed by atoms with Crippen LogP contribution in [0.1, 0.15) is 53.4 Å². The molecule has 0 unspecified atom stereocenters. The summed E-state index contributed by atoms with van der Waals surface area (Å²) in [4.78, 5) is 26.2. The minimum absolute atomic E-state index is 0.0224. The lowest BCUT2D eigenvalue weighted by Crippen LogP contribution is -2.35. The highest BCUT2D eigenvalue weighted by molar-refractivity contribution is 7.93. The SMILES string of the molecule is CC(=O)Nc1ccc(NS(=O)(=O)c2c(C)c(C)cc3c(C)c(C(=O)N4CCCCC4)oc23)cc1. The Bertz CT molecular complexity index is 1370. The zero-order chi connectivity index (χ0) is 24.6. The van der Waals surface area contributed by atoms with E-state index in [2.05, 4.69) is 10.0 Å². The van der Waals surface area contributed by atoms with E-state index in [1.54, 1.807) is 43.0 Å². The maximum atomic E-state index is 13.5. The molecule has 4 rings (SSSR count). The molecular weight excluding hydrogens is 454 g/mol. The van der Waals surface area contributed by atoms with E-state index in [0.29, 0.717) is 41.0 Å². The molecule has 0 atom stereocenters. The Hall–Kier alpha value is -3.33. The van der Waals surface area contributed by atoms with Crippen LogP contribution in [-0.2, 0) is 14.8 Å². The molecule has 1 aliphatic rings. The highest BCUT2D eigenvalue weighted by Crippen LogP contribution is 2.36. The van der Waals surface area contributed by atoms with Crippen molar-refractivity contribution in [1.29, 1.82) is 0 Å². The van der Waals surface area contributed by atoms with Gasteiger partial charge in [-0.15, -0.1) is 0 Å². The number of piperidine rings is 1. The van der Waals surface area contributed by atoms with Crippen LogP contribution in [0.4, 0.5) is 11.4 Å². The van der Waals surface area contributed by atoms with Gasteiger partial charge in [-0.3, -0.25) is 14.3 Å². The number of hydrogen-bond acceptors (Lipinski definition) is 5. The highest BCUT2D eigenvalue weighted by Gasteiger charge is 2.30. The van der Waals surface area contributed by atoms with Crippen LogP contribution in [-0.4, -0.2) is 38.2 Å². The third-order valence-corrected chi connectivity index (χ3v) is 7.79. The van der Waals surface area contributed by atoms with Gasteiger partial charge < -0.3 is 14.6 Å². The molecule has 1 aliphatic heterocycles. The maximum Gasteiger partial charge on any atom is 0.289 e. The molecule has 0 radical (unpaired) electrons. The first-order valence-corrected chi connectivity index (χ1v) is 12.8. The van der Waals surface area contributed by atoms with Crippen molar-refractivity contribution in [3.05, 3.63) is 52.8 Å². The number of fused-ring (bicyclic) bond motifs is 1. The van der Waals surface area contributed by atoms with Crippen LogP contribution in [0.3, 0.4) is 0 Å². The first kappa shape index (κ1) is 23.8. The Labute approximate surface area is 199 Å². The molecule has 8 nitrogen and oxygen atoms in total. The molecule has 0 saturated carbocycles. The van der Waals surface area contributed by atoms with Crippen LogP contribution in [0, 0.1) is 20.8 Å². The number of benzene rings is 2. The van der Waals surface area contributed by atoms with Gasteiger partial charge in [0, 0.05) is 42.3 Å². The predicted molar refractivity (Wildman–Crippen MR) is 132 cm³/mol. The molecule has 0 spiro atoms. The predicted octanol–water partition coefficient (Wildman–Crippen LogP) is 4.74. The Morgan fingerprint density at radius 2 is 1.56 bits per heavy atom. The van der Waals surface area contributed by atoms with E-state index in [9.17, 15) is 18.0 Å². The summed E-state index contributed by atoms with van der Waals surface area (Å²) in [6.07, 6.45) is 3.00. The molecule has 1 aromatic heterocycles. The van der Waals surface area contributed by atoms with Gasteiger partial charge >= 0.3 is 0 Å². The van der Waals surface area contributed by atoms with Crippen molar-refractivity contribution in [2.75, 3.05) is 23.1 Å². The van der Waals surface area contributed by atoms with Crippen LogP contribution < -0.4 is 10.0 Å². The second-order valence-electron chi connectivity index (χ2n) is 8.80. The standard InChI is InChI=1S/C25H29N3O5S/c1-15-14-21-17(3)22(25(30)28-12-6-5-7-13-28)33-23(21)24(16(15)2)34(31,32)27-20-10-8-19(9-11-20)26-18(4)29/h8-11,14,27H,5-7,12-13H2,1-4H3,(H,26,29). The highest BCUT2D eigenvalue weighted by atomic mass is 32.2. The lowest BCUT2D eigenvalue weighted by Gasteiger charge is -2.25. The zero-order valence-corrected chi connectivity index (χ0v) is 20.6. The Balaban J connectivity index is 1.75. The normalized spacial score (nSPS) is 14.3. The topological polar surface area (TPSA) is 109 Å². The van der Waals surface area contributed by atoms with Crippen LogP contribution in [0.5, 0.6) is 0 Å². The summed E-state index contributed by atoms with van der Waals surface area (Å²) in [6, 6.07) is 8.25.